The average molecular weight is 262 g/mol. The molecule has 0 saturated carbocycles. The minimum Gasteiger partial charge on any atom is -0.312 e. The van der Waals surface area contributed by atoms with Crippen molar-refractivity contribution >= 4 is 0 Å². The van der Waals surface area contributed by atoms with E-state index in [2.05, 4.69) is 63.2 Å². The second-order valence-electron chi connectivity index (χ2n) is 5.49. The molecule has 0 aliphatic carbocycles. The molecule has 0 radical (unpaired) electrons. The van der Waals surface area contributed by atoms with E-state index in [4.69, 9.17) is 0 Å². The molecular formula is C17H30N2. The van der Waals surface area contributed by atoms with E-state index in [1.54, 1.807) is 0 Å². The summed E-state index contributed by atoms with van der Waals surface area (Å²) >= 11 is 0. The van der Waals surface area contributed by atoms with Crippen molar-refractivity contribution in [3.63, 3.8) is 0 Å². The molecule has 1 N–H and O–H groups in total. The summed E-state index contributed by atoms with van der Waals surface area (Å²) in [5.74, 6) is 0. The lowest BCUT2D eigenvalue weighted by Crippen LogP contribution is -2.35. The van der Waals surface area contributed by atoms with Crippen molar-refractivity contribution in [1.29, 1.82) is 0 Å². The van der Waals surface area contributed by atoms with Crippen LogP contribution in [0.15, 0.2) is 18.2 Å². The van der Waals surface area contributed by atoms with Crippen LogP contribution in [0, 0.1) is 13.8 Å². The van der Waals surface area contributed by atoms with Gasteiger partial charge in [-0.05, 0) is 63.5 Å². The van der Waals surface area contributed by atoms with Crippen molar-refractivity contribution in [2.75, 3.05) is 26.7 Å². The van der Waals surface area contributed by atoms with E-state index in [-0.39, 0.29) is 0 Å². The predicted octanol–water partition coefficient (Wildman–Crippen LogP) is 3.69. The highest BCUT2D eigenvalue weighted by atomic mass is 15.1. The van der Waals surface area contributed by atoms with E-state index in [1.807, 2.05) is 0 Å². The molecule has 0 saturated heterocycles. The third-order valence-electron chi connectivity index (χ3n) is 3.80. The van der Waals surface area contributed by atoms with Gasteiger partial charge in [-0.1, -0.05) is 32.0 Å². The number of hydrogen-bond acceptors (Lipinski definition) is 2. The first-order chi connectivity index (χ1) is 9.12. The molecule has 2 heteroatoms. The van der Waals surface area contributed by atoms with Gasteiger partial charge in [0.25, 0.3) is 0 Å². The summed E-state index contributed by atoms with van der Waals surface area (Å²) in [5.41, 5.74) is 4.16. The van der Waals surface area contributed by atoms with Crippen LogP contribution in [0.5, 0.6) is 0 Å². The zero-order valence-corrected chi connectivity index (χ0v) is 13.3. The third-order valence-corrected chi connectivity index (χ3v) is 3.80. The Labute approximate surface area is 119 Å². The van der Waals surface area contributed by atoms with Gasteiger partial charge in [-0.3, -0.25) is 0 Å². The molecule has 0 aromatic heterocycles. The minimum absolute atomic E-state index is 0.428. The van der Waals surface area contributed by atoms with Gasteiger partial charge >= 0.3 is 0 Å². The highest BCUT2D eigenvalue weighted by Gasteiger charge is 2.14. The number of hydrogen-bond donors (Lipinski definition) is 1. The molecule has 0 heterocycles. The molecule has 1 rings (SSSR count). The smallest absolute Gasteiger partial charge is 0.0446 e. The Bertz CT molecular complexity index is 368. The van der Waals surface area contributed by atoms with Gasteiger partial charge in [0.15, 0.2) is 0 Å². The summed E-state index contributed by atoms with van der Waals surface area (Å²) < 4.78 is 0. The zero-order valence-electron chi connectivity index (χ0n) is 13.3. The van der Waals surface area contributed by atoms with E-state index in [0.717, 1.165) is 6.54 Å². The molecule has 19 heavy (non-hydrogen) atoms. The van der Waals surface area contributed by atoms with E-state index in [9.17, 15) is 0 Å². The topological polar surface area (TPSA) is 15.3 Å². The van der Waals surface area contributed by atoms with Gasteiger partial charge in [-0.15, -0.1) is 0 Å². The number of nitrogens with one attached hydrogen (secondary N) is 1. The van der Waals surface area contributed by atoms with Crippen molar-refractivity contribution in [2.45, 2.75) is 46.6 Å². The van der Waals surface area contributed by atoms with Crippen molar-refractivity contribution in [2.24, 2.45) is 0 Å². The molecule has 0 amide bonds. The summed E-state index contributed by atoms with van der Waals surface area (Å²) in [6.45, 7) is 12.4. The normalized spacial score (nSPS) is 12.9. The number of aryl methyl sites for hydroxylation is 2. The lowest BCUT2D eigenvalue weighted by molar-refractivity contribution is 0.247. The van der Waals surface area contributed by atoms with Crippen LogP contribution in [-0.2, 0) is 0 Å². The highest BCUT2D eigenvalue weighted by molar-refractivity contribution is 5.31. The Morgan fingerprint density at radius 3 is 2.16 bits per heavy atom. The van der Waals surface area contributed by atoms with Crippen LogP contribution in [-0.4, -0.2) is 31.6 Å². The summed E-state index contributed by atoms with van der Waals surface area (Å²) in [7, 11) is 2.07. The highest BCUT2D eigenvalue weighted by Crippen LogP contribution is 2.18. The Hall–Kier alpha value is -0.860. The van der Waals surface area contributed by atoms with Crippen LogP contribution in [0.1, 0.15) is 49.4 Å². The first-order valence-corrected chi connectivity index (χ1v) is 7.59. The maximum atomic E-state index is 3.47. The maximum Gasteiger partial charge on any atom is 0.0446 e. The fourth-order valence-electron chi connectivity index (χ4n) is 2.53. The number of rotatable bonds is 8. The van der Waals surface area contributed by atoms with Crippen LogP contribution < -0.4 is 5.32 Å². The van der Waals surface area contributed by atoms with E-state index in [0.29, 0.717) is 6.04 Å². The van der Waals surface area contributed by atoms with Crippen LogP contribution >= 0.6 is 0 Å². The van der Waals surface area contributed by atoms with Gasteiger partial charge in [0.2, 0.25) is 0 Å². The quantitative estimate of drug-likeness (QED) is 0.768. The fraction of sp³-hybridized carbons (Fsp3) is 0.647. The van der Waals surface area contributed by atoms with Crippen LogP contribution in [0.3, 0.4) is 0 Å². The van der Waals surface area contributed by atoms with Gasteiger partial charge < -0.3 is 10.2 Å². The second-order valence-corrected chi connectivity index (χ2v) is 5.49. The molecule has 0 aliphatic heterocycles. The van der Waals surface area contributed by atoms with E-state index >= 15 is 0 Å². The van der Waals surface area contributed by atoms with Gasteiger partial charge in [0, 0.05) is 12.6 Å². The summed E-state index contributed by atoms with van der Waals surface area (Å²) in [5, 5.41) is 3.47. The molecule has 0 bridgehead atoms. The zero-order chi connectivity index (χ0) is 14.3. The van der Waals surface area contributed by atoms with Crippen LogP contribution in [0.25, 0.3) is 0 Å². The molecule has 1 unspecified atom stereocenters. The average Bonchev–Trinajstić information content (AvgIpc) is 2.39. The minimum atomic E-state index is 0.428. The molecule has 108 valence electrons. The van der Waals surface area contributed by atoms with Gasteiger partial charge in [0.05, 0.1) is 0 Å². The van der Waals surface area contributed by atoms with Crippen LogP contribution in [0.4, 0.5) is 0 Å². The lowest BCUT2D eigenvalue weighted by atomic mass is 10.0. The van der Waals surface area contributed by atoms with Gasteiger partial charge in [0.1, 0.15) is 0 Å². The lowest BCUT2D eigenvalue weighted by Gasteiger charge is -2.27. The second kappa shape index (κ2) is 8.34. The van der Waals surface area contributed by atoms with Crippen molar-refractivity contribution in [3.05, 3.63) is 34.9 Å². The number of likely N-dealkylation sites (N-methyl/N-ethyl adjacent to an activating group) is 1. The largest absolute Gasteiger partial charge is 0.312 e. The fourth-order valence-corrected chi connectivity index (χ4v) is 2.53. The van der Waals surface area contributed by atoms with E-state index < -0.39 is 0 Å². The third kappa shape index (κ3) is 4.96. The first kappa shape index (κ1) is 16.2. The number of nitrogens with zero attached hydrogens (tertiary/aromatic N) is 1. The van der Waals surface area contributed by atoms with Crippen molar-refractivity contribution < 1.29 is 0 Å². The summed E-state index contributed by atoms with van der Waals surface area (Å²) in [6.07, 6.45) is 2.45. The first-order valence-electron chi connectivity index (χ1n) is 7.59. The Balaban J connectivity index is 2.77. The molecular weight excluding hydrogens is 232 g/mol. The monoisotopic (exact) mass is 262 g/mol. The molecule has 1 aromatic rings. The predicted molar refractivity (Wildman–Crippen MR) is 84.7 cm³/mol. The summed E-state index contributed by atoms with van der Waals surface area (Å²) in [4.78, 5) is 2.57. The van der Waals surface area contributed by atoms with Crippen molar-refractivity contribution in [3.8, 4) is 0 Å². The molecule has 2 nitrogen and oxygen atoms in total. The molecule has 0 aliphatic rings. The maximum absolute atomic E-state index is 3.47. The Morgan fingerprint density at radius 2 is 1.68 bits per heavy atom. The van der Waals surface area contributed by atoms with E-state index in [1.165, 1.54) is 42.6 Å². The standard InChI is InChI=1S/C17H30N2/c1-6-10-19(11-7-2)13-17(18-5)16-9-8-14(3)15(4)12-16/h8-9,12,17-18H,6-7,10-11,13H2,1-5H3. The summed E-state index contributed by atoms with van der Waals surface area (Å²) in [6, 6.07) is 7.25. The van der Waals surface area contributed by atoms with Crippen LogP contribution in [0.2, 0.25) is 0 Å². The Kier molecular flexibility index (Phi) is 7.11. The Morgan fingerprint density at radius 1 is 1.05 bits per heavy atom. The molecule has 0 fully saturated rings. The van der Waals surface area contributed by atoms with Gasteiger partial charge in [-0.25, -0.2) is 0 Å². The number of benzene rings is 1. The SMILES string of the molecule is CCCN(CCC)CC(NC)c1ccc(C)c(C)c1. The van der Waals surface area contributed by atoms with Gasteiger partial charge in [-0.2, -0.15) is 0 Å². The van der Waals surface area contributed by atoms with Crippen molar-refractivity contribution in [1.82, 2.24) is 10.2 Å². The molecule has 1 atom stereocenters. The molecule has 1 aromatic carbocycles. The molecule has 0 spiro atoms.